The molecule has 2 bridgehead atoms. The van der Waals surface area contributed by atoms with Crippen molar-refractivity contribution in [3.05, 3.63) is 23.3 Å². The molecular weight excluding hydrogens is 736 g/mol. The molecule has 2 amide bonds. The predicted octanol–water partition coefficient (Wildman–Crippen LogP) is 6.59. The summed E-state index contributed by atoms with van der Waals surface area (Å²) >= 11 is 0. The number of aliphatic hydroxyl groups is 1. The fourth-order valence-corrected chi connectivity index (χ4v) is 9.57. The van der Waals surface area contributed by atoms with E-state index in [0.717, 1.165) is 12.8 Å². The molecule has 3 aliphatic heterocycles. The van der Waals surface area contributed by atoms with Crippen molar-refractivity contribution < 1.29 is 57.4 Å². The third-order valence-electron chi connectivity index (χ3n) is 12.5. The van der Waals surface area contributed by atoms with E-state index in [1.54, 1.807) is 79.3 Å². The van der Waals surface area contributed by atoms with Gasteiger partial charge in [0.15, 0.2) is 12.0 Å². The van der Waals surface area contributed by atoms with Crippen LogP contribution in [0.1, 0.15) is 131 Å². The highest BCUT2D eigenvalue weighted by Crippen LogP contribution is 2.68. The summed E-state index contributed by atoms with van der Waals surface area (Å²) in [4.78, 5) is 56.9. The molecule has 7 fully saturated rings. The van der Waals surface area contributed by atoms with Crippen LogP contribution in [0.15, 0.2) is 12.1 Å². The maximum atomic E-state index is 14.2. The van der Waals surface area contributed by atoms with E-state index in [4.69, 9.17) is 33.2 Å². The van der Waals surface area contributed by atoms with Crippen LogP contribution in [0.5, 0.6) is 11.5 Å². The average Bonchev–Trinajstić information content (AvgIpc) is 3.59. The van der Waals surface area contributed by atoms with Crippen LogP contribution in [-0.2, 0) is 28.5 Å². The summed E-state index contributed by atoms with van der Waals surface area (Å²) in [5.41, 5.74) is -2.17. The van der Waals surface area contributed by atoms with Gasteiger partial charge < -0.3 is 43.2 Å². The molecule has 57 heavy (non-hydrogen) atoms. The van der Waals surface area contributed by atoms with Gasteiger partial charge in [-0.1, -0.05) is 19.9 Å². The number of rotatable bonds is 7. The lowest BCUT2D eigenvalue weighted by Crippen LogP contribution is -2.65. The SMILES string of the molecule is CC(C)(C)OC(=O)Oc1c(C2CC2C2OC3C[C@@H]4C[C@@H](C4(C)C)[C@]3(C)O2)ccc(OC2CN(C(=O)[C@@H]3C[C@@H](O)CN3C(=O)OC(C)(C)C)C2)c1C(=O)OC(C)(C)C. The van der Waals surface area contributed by atoms with Gasteiger partial charge >= 0.3 is 18.2 Å². The van der Waals surface area contributed by atoms with Gasteiger partial charge in [-0.25, -0.2) is 14.4 Å². The van der Waals surface area contributed by atoms with E-state index in [9.17, 15) is 24.3 Å². The number of β-amino-alcohol motifs (C(OH)–C–C–N with tert-alkyl or cyclic N) is 1. The molecule has 1 N–H and O–H groups in total. The maximum absolute atomic E-state index is 14.2. The molecule has 14 heteroatoms. The molecule has 0 spiro atoms. The van der Waals surface area contributed by atoms with Crippen LogP contribution in [-0.4, -0.2) is 112 Å². The second-order valence-electron chi connectivity index (χ2n) is 20.8. The monoisotopic (exact) mass is 798 g/mol. The normalized spacial score (nSPS) is 33.1. The number of benzene rings is 1. The molecule has 3 heterocycles. The summed E-state index contributed by atoms with van der Waals surface area (Å²) in [6.45, 7) is 22.8. The fraction of sp³-hybridized carbons (Fsp3) is 0.767. The minimum atomic E-state index is -0.981. The van der Waals surface area contributed by atoms with Crippen LogP contribution in [0.25, 0.3) is 0 Å². The van der Waals surface area contributed by atoms with E-state index in [-0.39, 0.29) is 78.0 Å². The van der Waals surface area contributed by atoms with E-state index in [2.05, 4.69) is 20.8 Å². The molecule has 14 nitrogen and oxygen atoms in total. The molecule has 9 atom stereocenters. The van der Waals surface area contributed by atoms with Crippen molar-refractivity contribution in [2.75, 3.05) is 19.6 Å². The van der Waals surface area contributed by atoms with E-state index >= 15 is 0 Å². The Morgan fingerprint density at radius 3 is 2.09 bits per heavy atom. The number of ether oxygens (including phenoxy) is 7. The first-order chi connectivity index (χ1) is 26.2. The van der Waals surface area contributed by atoms with Crippen LogP contribution in [0, 0.1) is 23.2 Å². The third-order valence-corrected chi connectivity index (χ3v) is 12.5. The molecule has 316 valence electrons. The Kier molecular flexibility index (Phi) is 10.2. The number of hydrogen-bond donors (Lipinski definition) is 1. The lowest BCUT2D eigenvalue weighted by atomic mass is 9.43. The maximum Gasteiger partial charge on any atom is 0.514 e. The zero-order valence-electron chi connectivity index (χ0n) is 35.6. The number of aliphatic hydroxyl groups excluding tert-OH is 1. The first-order valence-corrected chi connectivity index (χ1v) is 20.5. The number of carbonyl (C=O) groups excluding carboxylic acids is 4. The molecule has 3 saturated heterocycles. The largest absolute Gasteiger partial charge is 0.514 e. The highest BCUT2D eigenvalue weighted by Gasteiger charge is 2.69. The van der Waals surface area contributed by atoms with Crippen molar-refractivity contribution in [2.24, 2.45) is 23.2 Å². The van der Waals surface area contributed by atoms with Crippen LogP contribution in [0.4, 0.5) is 9.59 Å². The minimum Gasteiger partial charge on any atom is -0.486 e. The molecular formula is C43H62N2O12. The van der Waals surface area contributed by atoms with Crippen molar-refractivity contribution in [1.82, 2.24) is 9.80 Å². The molecule has 4 aliphatic carbocycles. The van der Waals surface area contributed by atoms with Gasteiger partial charge in [0.25, 0.3) is 0 Å². The van der Waals surface area contributed by atoms with Crippen molar-refractivity contribution in [3.63, 3.8) is 0 Å². The number of carbonyl (C=O) groups is 4. The summed E-state index contributed by atoms with van der Waals surface area (Å²) in [6, 6.07) is 2.60. The summed E-state index contributed by atoms with van der Waals surface area (Å²) in [6.07, 6.45) is -0.586. The van der Waals surface area contributed by atoms with Gasteiger partial charge in [-0.2, -0.15) is 0 Å². The lowest BCUT2D eigenvalue weighted by molar-refractivity contribution is -0.210. The summed E-state index contributed by atoms with van der Waals surface area (Å²) in [7, 11) is 0. The number of likely N-dealkylation sites (tertiary alicyclic amines) is 2. The first-order valence-electron chi connectivity index (χ1n) is 20.5. The zero-order valence-corrected chi connectivity index (χ0v) is 35.6. The van der Waals surface area contributed by atoms with Crippen molar-refractivity contribution in [3.8, 4) is 11.5 Å². The molecule has 1 aromatic rings. The van der Waals surface area contributed by atoms with E-state index in [1.807, 2.05) is 0 Å². The fourth-order valence-electron chi connectivity index (χ4n) is 9.57. The number of amides is 2. The molecule has 8 rings (SSSR count). The van der Waals surface area contributed by atoms with Gasteiger partial charge in [-0.05, 0) is 123 Å². The standard InChI is InChI=1S/C43H62N2O12/c1-39(2,3)54-35(48)32-29(51-24-20-44(21-24)34(47)28-17-23(46)19-45(28)37(49)56-40(4,5)6)14-13-25(33(32)53-38(50)57-41(7,8)9)26-18-27(26)36-52-31-16-22-15-30(42(22,10)11)43(31,12)55-36/h13-14,22-24,26-28,30-31,36,46H,15-21H2,1-12H3/t22-,23+,26?,27?,28-,30-,31?,36?,43-/m0/s1. The smallest absolute Gasteiger partial charge is 0.486 e. The van der Waals surface area contributed by atoms with E-state index in [1.165, 1.54) is 4.90 Å². The Labute approximate surface area is 336 Å². The van der Waals surface area contributed by atoms with Crippen LogP contribution in [0.3, 0.4) is 0 Å². The second-order valence-corrected chi connectivity index (χ2v) is 20.8. The molecule has 7 aliphatic rings. The molecule has 4 saturated carbocycles. The third kappa shape index (κ3) is 8.19. The summed E-state index contributed by atoms with van der Waals surface area (Å²) < 4.78 is 42.8. The predicted molar refractivity (Wildman–Crippen MR) is 206 cm³/mol. The van der Waals surface area contributed by atoms with Gasteiger partial charge in [-0.3, -0.25) is 9.69 Å². The highest BCUT2D eigenvalue weighted by molar-refractivity contribution is 5.97. The average molecular weight is 799 g/mol. The molecule has 1 aromatic carbocycles. The van der Waals surface area contributed by atoms with Gasteiger partial charge in [0, 0.05) is 12.3 Å². The van der Waals surface area contributed by atoms with E-state index < -0.39 is 59.6 Å². The zero-order chi connectivity index (χ0) is 41.8. The first kappa shape index (κ1) is 41.5. The minimum absolute atomic E-state index is 0.00582. The lowest BCUT2D eigenvalue weighted by Gasteiger charge is -2.63. The summed E-state index contributed by atoms with van der Waals surface area (Å²) in [5, 5.41) is 10.4. The Balaban J connectivity index is 1.13. The Morgan fingerprint density at radius 2 is 1.47 bits per heavy atom. The Morgan fingerprint density at radius 1 is 0.825 bits per heavy atom. The van der Waals surface area contributed by atoms with Crippen LogP contribution in [0.2, 0.25) is 0 Å². The quantitative estimate of drug-likeness (QED) is 0.180. The number of esters is 1. The van der Waals surface area contributed by atoms with Crippen LogP contribution < -0.4 is 9.47 Å². The van der Waals surface area contributed by atoms with Crippen LogP contribution >= 0.6 is 0 Å². The number of hydrogen-bond acceptors (Lipinski definition) is 12. The van der Waals surface area contributed by atoms with Gasteiger partial charge in [0.1, 0.15) is 40.3 Å². The van der Waals surface area contributed by atoms with Gasteiger partial charge in [-0.15, -0.1) is 0 Å². The Bertz CT molecular complexity index is 1780. The Hall–Kier alpha value is -3.62. The van der Waals surface area contributed by atoms with Crippen molar-refractivity contribution >= 4 is 24.1 Å². The van der Waals surface area contributed by atoms with Crippen molar-refractivity contribution in [2.45, 2.75) is 168 Å². The molecule has 0 aromatic heterocycles. The summed E-state index contributed by atoms with van der Waals surface area (Å²) in [5.74, 6) is -0.130. The van der Waals surface area contributed by atoms with E-state index in [0.29, 0.717) is 23.8 Å². The van der Waals surface area contributed by atoms with Gasteiger partial charge in [0.05, 0.1) is 37.4 Å². The second kappa shape index (κ2) is 14.0. The van der Waals surface area contributed by atoms with Gasteiger partial charge in [0.2, 0.25) is 5.91 Å². The topological polar surface area (TPSA) is 160 Å². The number of nitrogens with zero attached hydrogens (tertiary/aromatic N) is 2. The highest BCUT2D eigenvalue weighted by atomic mass is 16.7. The van der Waals surface area contributed by atoms with Crippen molar-refractivity contribution in [1.29, 1.82) is 0 Å². The molecule has 4 unspecified atom stereocenters. The molecule has 0 radical (unpaired) electrons.